The molecule has 0 aliphatic carbocycles. The molecule has 0 amide bonds. The summed E-state index contributed by atoms with van der Waals surface area (Å²) in [5.74, 6) is 1.51. The topological polar surface area (TPSA) is 57.3 Å². The highest BCUT2D eigenvalue weighted by molar-refractivity contribution is 7.71. The second-order valence-corrected chi connectivity index (χ2v) is 7.37. The molecule has 2 heterocycles. The number of benzene rings is 2. The van der Waals surface area contributed by atoms with Gasteiger partial charge in [-0.3, -0.25) is 4.90 Å². The maximum atomic E-state index is 6.07. The van der Waals surface area contributed by atoms with Gasteiger partial charge in [-0.25, -0.2) is 4.68 Å². The second kappa shape index (κ2) is 7.90. The van der Waals surface area contributed by atoms with Crippen LogP contribution in [0.5, 0.6) is 11.5 Å². The van der Waals surface area contributed by atoms with Crippen molar-refractivity contribution in [1.82, 2.24) is 24.7 Å². The third-order valence-corrected chi connectivity index (χ3v) is 5.44. The Morgan fingerprint density at radius 1 is 1.07 bits per heavy atom. The number of hydrogen-bond acceptors (Lipinski definition) is 6. The van der Waals surface area contributed by atoms with Gasteiger partial charge in [0.05, 0.1) is 26.6 Å². The lowest BCUT2D eigenvalue weighted by Crippen LogP contribution is -2.33. The SMILES string of the molecule is COc1cc2c(cc1OC)CN(Cn1nnn(-c3cccc(Cl)c3)c1=S)CC2. The van der Waals surface area contributed by atoms with Gasteiger partial charge in [0.2, 0.25) is 4.77 Å². The molecular weight excluding hydrogens is 398 g/mol. The van der Waals surface area contributed by atoms with Crippen LogP contribution in [0.15, 0.2) is 36.4 Å². The first-order valence-corrected chi connectivity index (χ1v) is 9.62. The predicted octanol–water partition coefficient (Wildman–Crippen LogP) is 3.48. The summed E-state index contributed by atoms with van der Waals surface area (Å²) >= 11 is 11.6. The van der Waals surface area contributed by atoms with Crippen LogP contribution in [0.2, 0.25) is 5.02 Å². The van der Waals surface area contributed by atoms with Crippen LogP contribution < -0.4 is 9.47 Å². The van der Waals surface area contributed by atoms with Crippen molar-refractivity contribution in [2.45, 2.75) is 19.6 Å². The van der Waals surface area contributed by atoms with Crippen LogP contribution in [0.4, 0.5) is 0 Å². The molecule has 0 N–H and O–H groups in total. The van der Waals surface area contributed by atoms with Gasteiger partial charge in [-0.2, -0.15) is 4.68 Å². The summed E-state index contributed by atoms with van der Waals surface area (Å²) in [7, 11) is 3.31. The molecule has 0 fully saturated rings. The van der Waals surface area contributed by atoms with E-state index in [1.54, 1.807) is 23.6 Å². The van der Waals surface area contributed by atoms with Gasteiger partial charge in [0.1, 0.15) is 0 Å². The minimum Gasteiger partial charge on any atom is -0.493 e. The van der Waals surface area contributed by atoms with E-state index in [-0.39, 0.29) is 0 Å². The van der Waals surface area contributed by atoms with Crippen molar-refractivity contribution in [2.24, 2.45) is 0 Å². The Bertz CT molecular complexity index is 1060. The number of nitrogens with zero attached hydrogens (tertiary/aromatic N) is 5. The third kappa shape index (κ3) is 3.63. The van der Waals surface area contributed by atoms with Gasteiger partial charge < -0.3 is 9.47 Å². The average Bonchev–Trinajstić information content (AvgIpc) is 3.07. The van der Waals surface area contributed by atoms with Crippen molar-refractivity contribution in [3.63, 3.8) is 0 Å². The highest BCUT2D eigenvalue weighted by Crippen LogP contribution is 2.33. The molecule has 2 aromatic carbocycles. The number of methoxy groups -OCH3 is 2. The van der Waals surface area contributed by atoms with Gasteiger partial charge in [-0.1, -0.05) is 17.7 Å². The molecule has 4 rings (SSSR count). The van der Waals surface area contributed by atoms with Crippen LogP contribution in [0.1, 0.15) is 11.1 Å². The molecule has 1 aliphatic rings. The molecular formula is C19H20ClN5O2S. The molecule has 0 saturated heterocycles. The number of hydrogen-bond donors (Lipinski definition) is 0. The molecule has 1 aliphatic heterocycles. The Morgan fingerprint density at radius 3 is 2.54 bits per heavy atom. The van der Waals surface area contributed by atoms with Crippen molar-refractivity contribution in [1.29, 1.82) is 0 Å². The summed E-state index contributed by atoms with van der Waals surface area (Å²) in [6, 6.07) is 11.5. The zero-order chi connectivity index (χ0) is 19.7. The summed E-state index contributed by atoms with van der Waals surface area (Å²) in [5.41, 5.74) is 3.29. The minimum atomic E-state index is 0.528. The largest absolute Gasteiger partial charge is 0.493 e. The average molecular weight is 418 g/mol. The van der Waals surface area contributed by atoms with E-state index in [0.29, 0.717) is 16.5 Å². The number of fused-ring (bicyclic) bond motifs is 1. The molecule has 0 bridgehead atoms. The predicted molar refractivity (Wildman–Crippen MR) is 109 cm³/mol. The summed E-state index contributed by atoms with van der Waals surface area (Å²) < 4.78 is 14.7. The lowest BCUT2D eigenvalue weighted by molar-refractivity contribution is 0.186. The van der Waals surface area contributed by atoms with Crippen LogP contribution in [-0.2, 0) is 19.6 Å². The zero-order valence-corrected chi connectivity index (χ0v) is 17.2. The number of rotatable bonds is 5. The molecule has 0 radical (unpaired) electrons. The maximum absolute atomic E-state index is 6.07. The van der Waals surface area contributed by atoms with Crippen molar-refractivity contribution in [2.75, 3.05) is 20.8 Å². The van der Waals surface area contributed by atoms with E-state index >= 15 is 0 Å². The minimum absolute atomic E-state index is 0.528. The number of aromatic nitrogens is 4. The lowest BCUT2D eigenvalue weighted by Gasteiger charge is -2.29. The van der Waals surface area contributed by atoms with Gasteiger partial charge in [-0.15, -0.1) is 0 Å². The van der Waals surface area contributed by atoms with Crippen LogP contribution in [-0.4, -0.2) is 45.5 Å². The van der Waals surface area contributed by atoms with E-state index in [4.69, 9.17) is 33.3 Å². The van der Waals surface area contributed by atoms with Gasteiger partial charge in [0, 0.05) is 18.1 Å². The molecule has 0 atom stereocenters. The summed E-state index contributed by atoms with van der Waals surface area (Å²) in [5, 5.41) is 9.05. The van der Waals surface area contributed by atoms with E-state index in [1.807, 2.05) is 30.3 Å². The molecule has 0 unspecified atom stereocenters. The Morgan fingerprint density at radius 2 is 1.82 bits per heavy atom. The van der Waals surface area contributed by atoms with Crippen molar-refractivity contribution >= 4 is 23.8 Å². The lowest BCUT2D eigenvalue weighted by atomic mass is 9.99. The van der Waals surface area contributed by atoms with Crippen molar-refractivity contribution in [3.05, 3.63) is 57.3 Å². The maximum Gasteiger partial charge on any atom is 0.221 e. The van der Waals surface area contributed by atoms with Crippen molar-refractivity contribution < 1.29 is 9.47 Å². The molecule has 1 aromatic heterocycles. The van der Waals surface area contributed by atoms with Crippen LogP contribution >= 0.6 is 23.8 Å². The van der Waals surface area contributed by atoms with Crippen molar-refractivity contribution in [3.8, 4) is 17.2 Å². The highest BCUT2D eigenvalue weighted by atomic mass is 35.5. The van der Waals surface area contributed by atoms with E-state index in [1.165, 1.54) is 11.1 Å². The van der Waals surface area contributed by atoms with Gasteiger partial charge in [-0.05, 0) is 70.5 Å². The molecule has 0 saturated carbocycles. The Kier molecular flexibility index (Phi) is 5.34. The molecule has 7 nitrogen and oxygen atoms in total. The molecule has 3 aromatic rings. The normalized spacial score (nSPS) is 14.0. The standard InChI is InChI=1S/C19H20ClN5O2S/c1-26-17-8-13-6-7-23(11-14(13)9-18(17)27-2)12-24-19(28)25(22-21-24)16-5-3-4-15(20)10-16/h3-5,8-10H,6-7,11-12H2,1-2H3. The Balaban J connectivity index is 1.55. The fourth-order valence-corrected chi connectivity index (χ4v) is 3.81. The smallest absolute Gasteiger partial charge is 0.221 e. The molecule has 146 valence electrons. The monoisotopic (exact) mass is 417 g/mol. The fourth-order valence-electron chi connectivity index (χ4n) is 3.38. The molecule has 9 heteroatoms. The first-order chi connectivity index (χ1) is 13.6. The van der Waals surface area contributed by atoms with Gasteiger partial charge in [0.25, 0.3) is 0 Å². The van der Waals surface area contributed by atoms with E-state index in [0.717, 1.165) is 36.7 Å². The van der Waals surface area contributed by atoms with E-state index in [2.05, 4.69) is 21.4 Å². The van der Waals surface area contributed by atoms with Crippen LogP contribution in [0.25, 0.3) is 5.69 Å². The van der Waals surface area contributed by atoms with Gasteiger partial charge in [0.15, 0.2) is 11.5 Å². The summed E-state index contributed by atoms with van der Waals surface area (Å²) in [4.78, 5) is 2.28. The van der Waals surface area contributed by atoms with E-state index < -0.39 is 0 Å². The molecule has 28 heavy (non-hydrogen) atoms. The molecule has 0 spiro atoms. The quantitative estimate of drug-likeness (QED) is 0.592. The Hall–Kier alpha value is -2.42. The second-order valence-electron chi connectivity index (χ2n) is 6.57. The number of ether oxygens (including phenoxy) is 2. The summed E-state index contributed by atoms with van der Waals surface area (Å²) in [6.07, 6.45) is 0.922. The fraction of sp³-hybridized carbons (Fsp3) is 0.316. The van der Waals surface area contributed by atoms with Gasteiger partial charge >= 0.3 is 0 Å². The number of tetrazole rings is 1. The first kappa shape index (κ1) is 18.9. The Labute approximate surface area is 173 Å². The van der Waals surface area contributed by atoms with Crippen LogP contribution in [0, 0.1) is 4.77 Å². The zero-order valence-electron chi connectivity index (χ0n) is 15.6. The summed E-state index contributed by atoms with van der Waals surface area (Å²) in [6.45, 7) is 2.24. The first-order valence-electron chi connectivity index (χ1n) is 8.84. The third-order valence-electron chi connectivity index (χ3n) is 4.82. The number of halogens is 1. The van der Waals surface area contributed by atoms with Crippen LogP contribution in [0.3, 0.4) is 0 Å². The van der Waals surface area contributed by atoms with E-state index in [9.17, 15) is 0 Å². The highest BCUT2D eigenvalue weighted by Gasteiger charge is 2.20.